The Hall–Kier alpha value is -3.37. The molecule has 0 bridgehead atoms. The third-order valence-electron chi connectivity index (χ3n) is 7.56. The van der Waals surface area contributed by atoms with Crippen molar-refractivity contribution in [3.8, 4) is 22.9 Å². The van der Waals surface area contributed by atoms with Crippen molar-refractivity contribution < 1.29 is 9.53 Å². The zero-order valence-corrected chi connectivity index (χ0v) is 23.8. The number of nitriles is 1. The summed E-state index contributed by atoms with van der Waals surface area (Å²) in [6.45, 7) is 2.91. The molecular weight excluding hydrogens is 526 g/mol. The molecule has 1 N–H and O–H groups in total. The molecule has 1 saturated carbocycles. The molecule has 1 amide bonds. The summed E-state index contributed by atoms with van der Waals surface area (Å²) in [7, 11) is 2.01. The summed E-state index contributed by atoms with van der Waals surface area (Å²) in [6.07, 6.45) is 3.88. The molecule has 0 radical (unpaired) electrons. The Morgan fingerprint density at radius 1 is 1.08 bits per heavy atom. The van der Waals surface area contributed by atoms with Gasteiger partial charge in [0.1, 0.15) is 10.6 Å². The van der Waals surface area contributed by atoms with Gasteiger partial charge in [0.25, 0.3) is 5.91 Å². The van der Waals surface area contributed by atoms with E-state index >= 15 is 0 Å². The minimum atomic E-state index is -0.0339. The molecule has 39 heavy (non-hydrogen) atoms. The van der Waals surface area contributed by atoms with Gasteiger partial charge in [-0.25, -0.2) is 0 Å². The molecule has 0 atom stereocenters. The van der Waals surface area contributed by atoms with Crippen LogP contribution in [0.1, 0.15) is 53.4 Å². The summed E-state index contributed by atoms with van der Waals surface area (Å²) in [4.78, 5) is 16.9. The van der Waals surface area contributed by atoms with Crippen molar-refractivity contribution in [3.05, 3.63) is 87.8 Å². The van der Waals surface area contributed by atoms with Crippen molar-refractivity contribution in [2.24, 2.45) is 0 Å². The lowest BCUT2D eigenvalue weighted by Crippen LogP contribution is -2.44. The van der Waals surface area contributed by atoms with Gasteiger partial charge < -0.3 is 15.0 Å². The number of nitrogens with one attached hydrogen (secondary N) is 1. The minimum absolute atomic E-state index is 0.0339. The molecule has 7 heteroatoms. The molecule has 200 valence electrons. The van der Waals surface area contributed by atoms with Gasteiger partial charge in [0.2, 0.25) is 0 Å². The summed E-state index contributed by atoms with van der Waals surface area (Å²) in [6, 6.07) is 24.4. The lowest BCUT2D eigenvalue weighted by atomic mass is 9.89. The van der Waals surface area contributed by atoms with Crippen molar-refractivity contribution in [2.75, 3.05) is 13.7 Å². The van der Waals surface area contributed by atoms with Crippen LogP contribution in [0.15, 0.2) is 66.7 Å². The molecule has 1 aliphatic carbocycles. The summed E-state index contributed by atoms with van der Waals surface area (Å²) in [5.41, 5.74) is 3.49. The molecule has 1 fully saturated rings. The molecular formula is C32H32ClN3O2S. The number of carbonyl (C=O) groups is 1. The van der Waals surface area contributed by atoms with Crippen molar-refractivity contribution in [1.29, 1.82) is 5.26 Å². The number of ether oxygens (including phenoxy) is 1. The van der Waals surface area contributed by atoms with Gasteiger partial charge in [-0.1, -0.05) is 48.0 Å². The van der Waals surface area contributed by atoms with E-state index < -0.39 is 0 Å². The van der Waals surface area contributed by atoms with Crippen LogP contribution < -0.4 is 10.1 Å². The van der Waals surface area contributed by atoms with Gasteiger partial charge in [0, 0.05) is 34.3 Å². The van der Waals surface area contributed by atoms with E-state index in [9.17, 15) is 10.1 Å². The van der Waals surface area contributed by atoms with Crippen LogP contribution in [0.5, 0.6) is 5.75 Å². The predicted octanol–water partition coefficient (Wildman–Crippen LogP) is 7.67. The normalized spacial score (nSPS) is 17.1. The highest BCUT2D eigenvalue weighted by molar-refractivity contribution is 7.21. The topological polar surface area (TPSA) is 65.4 Å². The Balaban J connectivity index is 1.54. The lowest BCUT2D eigenvalue weighted by molar-refractivity contribution is 0.0604. The van der Waals surface area contributed by atoms with Crippen molar-refractivity contribution in [1.82, 2.24) is 10.2 Å². The Morgan fingerprint density at radius 3 is 2.56 bits per heavy atom. The zero-order chi connectivity index (χ0) is 27.4. The second-order valence-electron chi connectivity index (χ2n) is 9.92. The quantitative estimate of drug-likeness (QED) is 0.241. The van der Waals surface area contributed by atoms with E-state index in [1.807, 2.05) is 73.5 Å². The third-order valence-corrected chi connectivity index (χ3v) is 9.23. The lowest BCUT2D eigenvalue weighted by Gasteiger charge is -2.37. The summed E-state index contributed by atoms with van der Waals surface area (Å²) < 4.78 is 7.04. The molecule has 0 aliphatic heterocycles. The molecule has 5 rings (SSSR count). The Bertz CT molecular complexity index is 1520. The average Bonchev–Trinajstić information content (AvgIpc) is 3.32. The number of hydrogen-bond acceptors (Lipinski definition) is 5. The fourth-order valence-corrected chi connectivity index (χ4v) is 6.92. The number of benzene rings is 3. The van der Waals surface area contributed by atoms with Crippen molar-refractivity contribution in [2.45, 2.75) is 51.2 Å². The number of hydrogen-bond donors (Lipinski definition) is 1. The molecule has 0 spiro atoms. The Morgan fingerprint density at radius 2 is 1.85 bits per heavy atom. The van der Waals surface area contributed by atoms with Crippen LogP contribution in [-0.4, -0.2) is 36.5 Å². The highest BCUT2D eigenvalue weighted by atomic mass is 35.5. The zero-order valence-electron chi connectivity index (χ0n) is 22.2. The molecule has 3 aromatic carbocycles. The van der Waals surface area contributed by atoms with Crippen LogP contribution in [0.3, 0.4) is 0 Å². The van der Waals surface area contributed by atoms with E-state index in [0.717, 1.165) is 58.2 Å². The average molecular weight is 558 g/mol. The maximum absolute atomic E-state index is 14.3. The summed E-state index contributed by atoms with van der Waals surface area (Å²) in [5, 5.41) is 14.2. The molecule has 0 unspecified atom stereocenters. The standard InChI is InChI=1S/C32H32ClN3O2S/c1-3-38-28-16-11-23(22-8-6-7-21(17-22)19-34)18-24(28)20-36(26-14-12-25(35-2)13-15-26)32(37)31-30(33)27-9-4-5-10-29(27)39-31/h4-11,16-18,25-26,35H,3,12-15,20H2,1-2H3. The molecule has 5 nitrogen and oxygen atoms in total. The molecule has 4 aromatic rings. The first-order chi connectivity index (χ1) is 19.0. The number of nitrogens with zero attached hydrogens (tertiary/aromatic N) is 2. The van der Waals surface area contributed by atoms with Crippen LogP contribution in [-0.2, 0) is 6.54 Å². The Labute approximate surface area is 239 Å². The molecule has 1 aromatic heterocycles. The fraction of sp³-hybridized carbons (Fsp3) is 0.312. The fourth-order valence-electron chi connectivity index (χ4n) is 5.46. The van der Waals surface area contributed by atoms with E-state index in [4.69, 9.17) is 16.3 Å². The predicted molar refractivity (Wildman–Crippen MR) is 160 cm³/mol. The van der Waals surface area contributed by atoms with Gasteiger partial charge in [0.15, 0.2) is 0 Å². The van der Waals surface area contributed by atoms with Crippen LogP contribution in [0.2, 0.25) is 5.02 Å². The first-order valence-corrected chi connectivity index (χ1v) is 14.6. The number of amides is 1. The number of thiophene rings is 1. The van der Waals surface area contributed by atoms with Crippen LogP contribution in [0.4, 0.5) is 0 Å². The van der Waals surface area contributed by atoms with Crippen molar-refractivity contribution in [3.63, 3.8) is 0 Å². The largest absolute Gasteiger partial charge is 0.494 e. The van der Waals surface area contributed by atoms with Gasteiger partial charge in [-0.2, -0.15) is 5.26 Å². The SMILES string of the molecule is CCOc1ccc(-c2cccc(C#N)c2)cc1CN(C(=O)c1sc2ccccc2c1Cl)C1CCC(NC)CC1. The van der Waals surface area contributed by atoms with E-state index in [1.54, 1.807) is 6.07 Å². The Kier molecular flexibility index (Phi) is 8.52. The van der Waals surface area contributed by atoms with E-state index in [1.165, 1.54) is 11.3 Å². The molecule has 1 heterocycles. The number of carbonyl (C=O) groups excluding carboxylic acids is 1. The van der Waals surface area contributed by atoms with E-state index in [0.29, 0.717) is 34.7 Å². The number of halogens is 1. The second-order valence-corrected chi connectivity index (χ2v) is 11.3. The first-order valence-electron chi connectivity index (χ1n) is 13.4. The third kappa shape index (κ3) is 5.81. The minimum Gasteiger partial charge on any atom is -0.494 e. The van der Waals surface area contributed by atoms with E-state index in [2.05, 4.69) is 17.5 Å². The number of fused-ring (bicyclic) bond motifs is 1. The highest BCUT2D eigenvalue weighted by Gasteiger charge is 2.32. The molecule has 0 saturated heterocycles. The first kappa shape index (κ1) is 27.2. The summed E-state index contributed by atoms with van der Waals surface area (Å²) in [5.74, 6) is 0.732. The second kappa shape index (κ2) is 12.2. The number of rotatable bonds is 8. The van der Waals surface area contributed by atoms with Crippen LogP contribution in [0.25, 0.3) is 21.2 Å². The van der Waals surface area contributed by atoms with E-state index in [-0.39, 0.29) is 11.9 Å². The smallest absolute Gasteiger partial charge is 0.266 e. The van der Waals surface area contributed by atoms with Gasteiger partial charge >= 0.3 is 0 Å². The van der Waals surface area contributed by atoms with Gasteiger partial charge in [-0.15, -0.1) is 11.3 Å². The maximum Gasteiger partial charge on any atom is 0.266 e. The van der Waals surface area contributed by atoms with Gasteiger partial charge in [0.05, 0.1) is 23.3 Å². The summed E-state index contributed by atoms with van der Waals surface area (Å²) >= 11 is 8.26. The maximum atomic E-state index is 14.3. The van der Waals surface area contributed by atoms with Gasteiger partial charge in [-0.3, -0.25) is 4.79 Å². The van der Waals surface area contributed by atoms with Gasteiger partial charge in [-0.05, 0) is 81.1 Å². The molecule has 1 aliphatic rings. The highest BCUT2D eigenvalue weighted by Crippen LogP contribution is 2.38. The van der Waals surface area contributed by atoms with Crippen LogP contribution in [0, 0.1) is 11.3 Å². The van der Waals surface area contributed by atoms with Crippen molar-refractivity contribution >= 4 is 38.9 Å². The van der Waals surface area contributed by atoms with Crippen LogP contribution >= 0.6 is 22.9 Å². The monoisotopic (exact) mass is 557 g/mol.